The highest BCUT2D eigenvalue weighted by molar-refractivity contribution is 8.01. The first kappa shape index (κ1) is 18.8. The van der Waals surface area contributed by atoms with Crippen LogP contribution in [0, 0.1) is 6.92 Å². The Morgan fingerprint density at radius 2 is 2.12 bits per heavy atom. The van der Waals surface area contributed by atoms with Gasteiger partial charge in [-0.3, -0.25) is 0 Å². The maximum atomic E-state index is 12.7. The molecule has 1 amide bonds. The number of ether oxygens (including phenoxy) is 1. The number of anilines is 1. The number of carbonyl (C=O) groups excluding carboxylic acids is 1. The maximum Gasteiger partial charge on any atom is 0.341 e. The molecule has 0 spiro atoms. The van der Waals surface area contributed by atoms with E-state index in [0.717, 1.165) is 19.4 Å². The maximum absolute atomic E-state index is 12.7. The van der Waals surface area contributed by atoms with Crippen LogP contribution in [-0.4, -0.2) is 22.2 Å². The van der Waals surface area contributed by atoms with Gasteiger partial charge < -0.3 is 4.74 Å². The number of rotatable bonds is 6. The highest BCUT2D eigenvalue weighted by atomic mass is 32.2. The minimum absolute atomic E-state index is 0.0185. The van der Waals surface area contributed by atoms with Crippen LogP contribution in [0.15, 0.2) is 39.0 Å². The van der Waals surface area contributed by atoms with Gasteiger partial charge in [-0.2, -0.15) is 5.32 Å². The summed E-state index contributed by atoms with van der Waals surface area (Å²) in [7, 11) is 1.89. The number of thiazole rings is 1. The SMILES string of the molecule is Cc1nnc(Sc2cc(OC(C)C)cc(C(=O)Nc3scc[n+]3C)c2)s1. The fourth-order valence-electron chi connectivity index (χ4n) is 2.15. The molecular formula is C17H19N4O2S3+. The van der Waals surface area contributed by atoms with Gasteiger partial charge in [0.2, 0.25) is 0 Å². The van der Waals surface area contributed by atoms with Gasteiger partial charge in [0, 0.05) is 10.3 Å². The van der Waals surface area contributed by atoms with Gasteiger partial charge in [0.1, 0.15) is 17.0 Å². The van der Waals surface area contributed by atoms with E-state index in [2.05, 4.69) is 15.5 Å². The fourth-order valence-corrected chi connectivity index (χ4v) is 4.77. The highest BCUT2D eigenvalue weighted by Crippen LogP contribution is 2.33. The molecule has 0 aliphatic heterocycles. The van der Waals surface area contributed by atoms with Crippen molar-refractivity contribution in [3.63, 3.8) is 0 Å². The van der Waals surface area contributed by atoms with Crippen molar-refractivity contribution in [2.24, 2.45) is 7.05 Å². The molecule has 0 unspecified atom stereocenters. The Bertz CT molecular complexity index is 920. The third-order valence-electron chi connectivity index (χ3n) is 3.23. The molecule has 2 aromatic heterocycles. The first-order chi connectivity index (χ1) is 12.4. The Balaban J connectivity index is 1.88. The van der Waals surface area contributed by atoms with Crippen molar-refractivity contribution in [1.82, 2.24) is 10.2 Å². The second kappa shape index (κ2) is 8.15. The predicted molar refractivity (Wildman–Crippen MR) is 104 cm³/mol. The first-order valence-electron chi connectivity index (χ1n) is 7.95. The summed E-state index contributed by atoms with van der Waals surface area (Å²) in [6.45, 7) is 5.83. The molecule has 136 valence electrons. The molecule has 0 saturated carbocycles. The van der Waals surface area contributed by atoms with Gasteiger partial charge in [-0.15, -0.1) is 10.2 Å². The summed E-state index contributed by atoms with van der Waals surface area (Å²) in [5.41, 5.74) is 0.542. The number of nitrogens with one attached hydrogen (secondary N) is 1. The van der Waals surface area contributed by atoms with Gasteiger partial charge in [0.05, 0.1) is 18.7 Å². The quantitative estimate of drug-likeness (QED) is 0.627. The lowest BCUT2D eigenvalue weighted by Gasteiger charge is -2.12. The van der Waals surface area contributed by atoms with Crippen molar-refractivity contribution in [3.05, 3.63) is 40.3 Å². The highest BCUT2D eigenvalue weighted by Gasteiger charge is 2.18. The van der Waals surface area contributed by atoms with E-state index in [1.807, 2.05) is 56.1 Å². The molecule has 0 aliphatic carbocycles. The lowest BCUT2D eigenvalue weighted by Crippen LogP contribution is -2.30. The van der Waals surface area contributed by atoms with Crippen molar-refractivity contribution >= 4 is 45.5 Å². The number of amides is 1. The van der Waals surface area contributed by atoms with E-state index in [1.54, 1.807) is 6.07 Å². The summed E-state index contributed by atoms with van der Waals surface area (Å²) in [6, 6.07) is 5.53. The molecule has 1 aromatic carbocycles. The number of benzene rings is 1. The summed E-state index contributed by atoms with van der Waals surface area (Å²) in [4.78, 5) is 13.6. The van der Waals surface area contributed by atoms with E-state index < -0.39 is 0 Å². The van der Waals surface area contributed by atoms with Gasteiger partial charge in [0.15, 0.2) is 4.34 Å². The molecule has 3 aromatic rings. The smallest absolute Gasteiger partial charge is 0.341 e. The second-order valence-electron chi connectivity index (χ2n) is 5.82. The minimum Gasteiger partial charge on any atom is -0.491 e. The van der Waals surface area contributed by atoms with E-state index in [9.17, 15) is 4.79 Å². The van der Waals surface area contributed by atoms with Crippen LogP contribution >= 0.6 is 34.4 Å². The molecule has 2 heterocycles. The predicted octanol–water partition coefficient (Wildman–Crippen LogP) is 3.92. The second-order valence-corrected chi connectivity index (χ2v) is 9.22. The van der Waals surface area contributed by atoms with Gasteiger partial charge in [-0.05, 0) is 39.0 Å². The van der Waals surface area contributed by atoms with E-state index in [4.69, 9.17) is 4.74 Å². The average Bonchev–Trinajstić information content (AvgIpc) is 3.15. The number of carbonyl (C=O) groups is 1. The van der Waals surface area contributed by atoms with E-state index >= 15 is 0 Å². The van der Waals surface area contributed by atoms with Crippen LogP contribution in [0.2, 0.25) is 0 Å². The third-order valence-corrected chi connectivity index (χ3v) is 5.96. The van der Waals surface area contributed by atoms with Crippen molar-refractivity contribution in [1.29, 1.82) is 0 Å². The van der Waals surface area contributed by atoms with Crippen molar-refractivity contribution in [2.75, 3.05) is 5.32 Å². The van der Waals surface area contributed by atoms with Crippen LogP contribution in [-0.2, 0) is 7.05 Å². The average molecular weight is 408 g/mol. The molecule has 0 aliphatic rings. The molecule has 6 nitrogen and oxygen atoms in total. The van der Waals surface area contributed by atoms with Gasteiger partial charge >= 0.3 is 11.0 Å². The van der Waals surface area contributed by atoms with Crippen LogP contribution in [0.25, 0.3) is 0 Å². The fraction of sp³-hybridized carbons (Fsp3) is 0.294. The summed E-state index contributed by atoms with van der Waals surface area (Å²) >= 11 is 4.47. The number of hydrogen-bond acceptors (Lipinski definition) is 7. The van der Waals surface area contributed by atoms with Gasteiger partial charge in [0.25, 0.3) is 0 Å². The molecule has 3 rings (SSSR count). The van der Waals surface area contributed by atoms with E-state index in [1.165, 1.54) is 34.4 Å². The van der Waals surface area contributed by atoms with Crippen LogP contribution in [0.3, 0.4) is 0 Å². The van der Waals surface area contributed by atoms with E-state index in [0.29, 0.717) is 11.3 Å². The standard InChI is InChI=1S/C17H18N4O2S3/c1-10(2)23-13-7-12(15(22)18-16-21(4)5-6-24-16)8-14(9-13)26-17-20-19-11(3)25-17/h5-10H,1-4H3/p+1. The Morgan fingerprint density at radius 3 is 2.73 bits per heavy atom. The third kappa shape index (κ3) is 4.80. The normalized spacial score (nSPS) is 11.0. The lowest BCUT2D eigenvalue weighted by molar-refractivity contribution is -0.652. The Hall–Kier alpha value is -1.97. The molecular weight excluding hydrogens is 388 g/mol. The van der Waals surface area contributed by atoms with Crippen LogP contribution in [0.4, 0.5) is 5.13 Å². The van der Waals surface area contributed by atoms with Gasteiger partial charge in [-0.25, -0.2) is 9.36 Å². The molecule has 0 bridgehead atoms. The number of hydrogen-bond donors (Lipinski definition) is 1. The van der Waals surface area contributed by atoms with E-state index in [-0.39, 0.29) is 12.0 Å². The van der Waals surface area contributed by atoms with Crippen molar-refractivity contribution < 1.29 is 14.1 Å². The van der Waals surface area contributed by atoms with Crippen molar-refractivity contribution in [2.45, 2.75) is 36.1 Å². The summed E-state index contributed by atoms with van der Waals surface area (Å²) in [5, 5.41) is 14.7. The summed E-state index contributed by atoms with van der Waals surface area (Å²) < 4.78 is 8.52. The van der Waals surface area contributed by atoms with Crippen LogP contribution in [0.1, 0.15) is 29.2 Å². The van der Waals surface area contributed by atoms with Gasteiger partial charge in [-0.1, -0.05) is 34.4 Å². The molecule has 0 radical (unpaired) electrons. The largest absolute Gasteiger partial charge is 0.491 e. The lowest BCUT2D eigenvalue weighted by atomic mass is 10.2. The zero-order valence-corrected chi connectivity index (χ0v) is 17.3. The summed E-state index contributed by atoms with van der Waals surface area (Å²) in [5.74, 6) is 0.486. The minimum atomic E-state index is -0.174. The zero-order valence-electron chi connectivity index (χ0n) is 14.8. The number of nitrogens with zero attached hydrogens (tertiary/aromatic N) is 3. The Labute approximate surface area is 164 Å². The molecule has 0 atom stereocenters. The molecule has 26 heavy (non-hydrogen) atoms. The first-order valence-corrected chi connectivity index (χ1v) is 10.5. The van der Waals surface area contributed by atoms with Crippen molar-refractivity contribution in [3.8, 4) is 5.75 Å². The Kier molecular flexibility index (Phi) is 5.90. The number of aryl methyl sites for hydroxylation is 2. The molecule has 0 fully saturated rings. The number of aromatic nitrogens is 3. The zero-order chi connectivity index (χ0) is 18.7. The molecule has 9 heteroatoms. The monoisotopic (exact) mass is 407 g/mol. The topological polar surface area (TPSA) is 68.0 Å². The Morgan fingerprint density at radius 1 is 1.31 bits per heavy atom. The van der Waals surface area contributed by atoms with Crippen LogP contribution < -0.4 is 14.6 Å². The van der Waals surface area contributed by atoms with Crippen LogP contribution in [0.5, 0.6) is 5.75 Å². The summed E-state index contributed by atoms with van der Waals surface area (Å²) in [6.07, 6.45) is 1.92. The molecule has 1 N–H and O–H groups in total. The molecule has 0 saturated heterocycles.